The Morgan fingerprint density at radius 1 is 0.600 bits per heavy atom. The van der Waals surface area contributed by atoms with Crippen molar-refractivity contribution in [2.75, 3.05) is 6.61 Å². The van der Waals surface area contributed by atoms with Crippen molar-refractivity contribution >= 4 is 29.7 Å². The van der Waals surface area contributed by atoms with Crippen LogP contribution in [0.1, 0.15) is 55.4 Å². The number of hydrogen-bond acceptors (Lipinski definition) is 13. The molecule has 8 rings (SSSR count). The van der Waals surface area contributed by atoms with Crippen LogP contribution in [0.4, 0.5) is 0 Å². The minimum absolute atomic E-state index is 0.102. The zero-order chi connectivity index (χ0) is 41.6. The zero-order valence-corrected chi connectivity index (χ0v) is 33.6. The van der Waals surface area contributed by atoms with E-state index in [1.807, 2.05) is 61.5 Å². The molecule has 0 unspecified atom stereocenters. The maximum atomic E-state index is 14.0. The molecule has 3 aliphatic rings. The average Bonchev–Trinajstić information content (AvgIpc) is 3.29. The smallest absolute Gasteiger partial charge is 0.338 e. The van der Waals surface area contributed by atoms with Gasteiger partial charge in [0.2, 0.25) is 0 Å². The minimum Gasteiger partial charge on any atom is -0.452 e. The molecule has 13 heteroatoms. The lowest BCUT2D eigenvalue weighted by Gasteiger charge is -2.50. The van der Waals surface area contributed by atoms with Crippen LogP contribution < -0.4 is 0 Å². The SMILES string of the molecule is Cc1ccc(S[C@@H]2O[C@@H]3CO[C@H](c4ccccc4)O[C@@H]3[C@H](O[C@@H]3O[C@@H](C)[C@H](OC(=O)c4ccccc4)[C@@H](OC(=O)c4ccccc4)[C@H]3OC(=O)c3ccccc3)[C@H]2O)cc1. The number of thioether (sulfide) groups is 1. The summed E-state index contributed by atoms with van der Waals surface area (Å²) < 4.78 is 50.9. The molecule has 5 aromatic rings. The molecule has 3 aliphatic heterocycles. The Morgan fingerprint density at radius 2 is 1.10 bits per heavy atom. The molecule has 0 saturated carbocycles. The quantitative estimate of drug-likeness (QED) is 0.107. The van der Waals surface area contributed by atoms with Gasteiger partial charge in [-0.25, -0.2) is 14.4 Å². The highest BCUT2D eigenvalue weighted by molar-refractivity contribution is 7.99. The Bertz CT molecular complexity index is 2190. The third kappa shape index (κ3) is 9.48. The fraction of sp³-hybridized carbons (Fsp3) is 0.298. The van der Waals surface area contributed by atoms with Crippen LogP contribution in [0.25, 0.3) is 0 Å². The first-order chi connectivity index (χ1) is 29.2. The minimum atomic E-state index is -1.54. The molecular weight excluding hydrogens is 789 g/mol. The number of aliphatic hydroxyl groups is 1. The van der Waals surface area contributed by atoms with Crippen molar-refractivity contribution in [3.8, 4) is 0 Å². The average molecular weight is 833 g/mol. The predicted octanol–water partition coefficient (Wildman–Crippen LogP) is 7.09. The monoisotopic (exact) mass is 832 g/mol. The lowest BCUT2D eigenvalue weighted by molar-refractivity contribution is -0.362. The summed E-state index contributed by atoms with van der Waals surface area (Å²) in [7, 11) is 0. The van der Waals surface area contributed by atoms with E-state index in [4.69, 9.17) is 37.9 Å². The van der Waals surface area contributed by atoms with Crippen LogP contribution in [0.2, 0.25) is 0 Å². The molecule has 12 nitrogen and oxygen atoms in total. The molecule has 60 heavy (non-hydrogen) atoms. The van der Waals surface area contributed by atoms with Crippen molar-refractivity contribution in [2.45, 2.75) is 85.6 Å². The van der Waals surface area contributed by atoms with E-state index < -0.39 is 84.8 Å². The lowest BCUT2D eigenvalue weighted by atomic mass is 9.96. The van der Waals surface area contributed by atoms with Gasteiger partial charge in [-0.3, -0.25) is 0 Å². The van der Waals surface area contributed by atoms with E-state index in [1.165, 1.54) is 11.8 Å². The van der Waals surface area contributed by atoms with Crippen molar-refractivity contribution in [2.24, 2.45) is 0 Å². The van der Waals surface area contributed by atoms with Crippen LogP contribution >= 0.6 is 11.8 Å². The molecule has 3 fully saturated rings. The van der Waals surface area contributed by atoms with Crippen LogP contribution in [-0.2, 0) is 37.9 Å². The molecule has 0 aliphatic carbocycles. The third-order valence-corrected chi connectivity index (χ3v) is 11.6. The molecule has 0 aromatic heterocycles. The van der Waals surface area contributed by atoms with Gasteiger partial charge in [0.25, 0.3) is 0 Å². The van der Waals surface area contributed by atoms with Crippen LogP contribution in [-0.4, -0.2) is 90.2 Å². The van der Waals surface area contributed by atoms with Gasteiger partial charge in [-0.15, -0.1) is 0 Å². The molecule has 11 atom stereocenters. The molecule has 5 aromatic carbocycles. The standard InChI is InChI=1S/C47H44O12S/c1-28-23-25-34(26-24-28)60-47-36(48)39(38-35(54-47)27-52-45(58-38)33-21-13-6-14-22-33)59-46-41(57-44(51)32-19-11-5-12-20-32)40(56-43(50)31-17-9-4-10-18-31)37(29(2)53-46)55-42(49)30-15-7-3-8-16-30/h3-26,29,35-41,45-48H,27H2,1-2H3/t29-,35+,36+,37-,38-,39+,40+,41+,45-,46-,47-/m0/s1. The van der Waals surface area contributed by atoms with Gasteiger partial charge in [-0.1, -0.05) is 114 Å². The number of benzene rings is 5. The topological polar surface area (TPSA) is 145 Å². The van der Waals surface area contributed by atoms with Crippen LogP contribution in [0, 0.1) is 6.92 Å². The number of hydrogen-bond donors (Lipinski definition) is 1. The molecule has 3 heterocycles. The maximum Gasteiger partial charge on any atom is 0.338 e. The highest BCUT2D eigenvalue weighted by atomic mass is 32.2. The number of carbonyl (C=O) groups is 3. The molecule has 0 bridgehead atoms. The number of carbonyl (C=O) groups excluding carboxylic acids is 3. The van der Waals surface area contributed by atoms with Gasteiger partial charge in [0.05, 0.1) is 29.4 Å². The first-order valence-electron chi connectivity index (χ1n) is 19.7. The molecular formula is C47H44O12S. The van der Waals surface area contributed by atoms with E-state index in [9.17, 15) is 19.5 Å². The van der Waals surface area contributed by atoms with Crippen LogP contribution in [0.3, 0.4) is 0 Å². The molecule has 0 amide bonds. The van der Waals surface area contributed by atoms with Crippen LogP contribution in [0.5, 0.6) is 0 Å². The van der Waals surface area contributed by atoms with Gasteiger partial charge in [0.15, 0.2) is 30.9 Å². The van der Waals surface area contributed by atoms with E-state index >= 15 is 0 Å². The Morgan fingerprint density at radius 3 is 1.65 bits per heavy atom. The van der Waals surface area contributed by atoms with E-state index in [1.54, 1.807) is 97.9 Å². The Labute approximate surface area is 351 Å². The van der Waals surface area contributed by atoms with Crippen LogP contribution in [0.15, 0.2) is 150 Å². The van der Waals surface area contributed by atoms with Gasteiger partial charge in [0.1, 0.15) is 29.9 Å². The fourth-order valence-electron chi connectivity index (χ4n) is 7.30. The Kier molecular flexibility index (Phi) is 13.0. The van der Waals surface area contributed by atoms with Gasteiger partial charge < -0.3 is 43.0 Å². The van der Waals surface area contributed by atoms with Crippen molar-refractivity contribution in [3.63, 3.8) is 0 Å². The molecule has 3 saturated heterocycles. The van der Waals surface area contributed by atoms with Gasteiger partial charge >= 0.3 is 17.9 Å². The summed E-state index contributed by atoms with van der Waals surface area (Å²) in [5, 5.41) is 12.2. The summed E-state index contributed by atoms with van der Waals surface area (Å²) in [5.74, 6) is -2.27. The van der Waals surface area contributed by atoms with E-state index in [2.05, 4.69) is 0 Å². The van der Waals surface area contributed by atoms with Crippen molar-refractivity contribution < 1.29 is 57.4 Å². The summed E-state index contributed by atoms with van der Waals surface area (Å²) in [6, 6.07) is 42.0. The van der Waals surface area contributed by atoms with Gasteiger partial charge in [-0.2, -0.15) is 0 Å². The van der Waals surface area contributed by atoms with Gasteiger partial charge in [-0.05, 0) is 62.4 Å². The number of ether oxygens (including phenoxy) is 8. The molecule has 0 spiro atoms. The normalized spacial score (nSPS) is 28.8. The second-order valence-corrected chi connectivity index (χ2v) is 15.8. The van der Waals surface area contributed by atoms with E-state index in [0.717, 1.165) is 16.0 Å². The number of aryl methyl sites for hydroxylation is 1. The summed E-state index contributed by atoms with van der Waals surface area (Å²) in [5.41, 5.74) is 1.59. The number of aliphatic hydroxyl groups excluding tert-OH is 1. The highest BCUT2D eigenvalue weighted by Crippen LogP contribution is 2.42. The van der Waals surface area contributed by atoms with E-state index in [-0.39, 0.29) is 23.3 Å². The van der Waals surface area contributed by atoms with E-state index in [0.29, 0.717) is 0 Å². The highest BCUT2D eigenvalue weighted by Gasteiger charge is 2.56. The first-order valence-corrected chi connectivity index (χ1v) is 20.6. The molecule has 0 radical (unpaired) electrons. The summed E-state index contributed by atoms with van der Waals surface area (Å²) in [6.07, 6.45) is -11.8. The second kappa shape index (κ2) is 18.9. The summed E-state index contributed by atoms with van der Waals surface area (Å²) in [6.45, 7) is 3.72. The predicted molar refractivity (Wildman–Crippen MR) is 218 cm³/mol. The zero-order valence-electron chi connectivity index (χ0n) is 32.8. The third-order valence-electron chi connectivity index (χ3n) is 10.4. The Hall–Kier alpha value is -5.38. The lowest BCUT2D eigenvalue weighted by Crippen LogP contribution is -2.66. The van der Waals surface area contributed by atoms with Crippen molar-refractivity contribution in [1.29, 1.82) is 0 Å². The number of fused-ring (bicyclic) bond motifs is 1. The largest absolute Gasteiger partial charge is 0.452 e. The Balaban J connectivity index is 1.16. The maximum absolute atomic E-state index is 14.0. The van der Waals surface area contributed by atoms with Crippen molar-refractivity contribution in [1.82, 2.24) is 0 Å². The number of rotatable bonds is 11. The van der Waals surface area contributed by atoms with Crippen molar-refractivity contribution in [3.05, 3.63) is 173 Å². The fourth-order valence-corrected chi connectivity index (χ4v) is 8.36. The second-order valence-electron chi connectivity index (χ2n) is 14.7. The van der Waals surface area contributed by atoms with Gasteiger partial charge in [0, 0.05) is 10.5 Å². The number of esters is 3. The first kappa shape index (κ1) is 41.4. The molecule has 310 valence electrons. The summed E-state index contributed by atoms with van der Waals surface area (Å²) >= 11 is 1.30. The molecule has 1 N–H and O–H groups in total. The summed E-state index contributed by atoms with van der Waals surface area (Å²) in [4.78, 5) is 42.3.